The van der Waals surface area contributed by atoms with Crippen LogP contribution in [0.15, 0.2) is 12.1 Å². The van der Waals surface area contributed by atoms with Crippen LogP contribution in [0.2, 0.25) is 0 Å². The van der Waals surface area contributed by atoms with Crippen LogP contribution in [0.4, 0.5) is 8.78 Å². The topological polar surface area (TPSA) is 46.2 Å². The molecule has 1 N–H and O–H groups in total. The molecule has 0 spiro atoms. The summed E-state index contributed by atoms with van der Waals surface area (Å²) in [6, 6.07) is 1.84. The molecule has 0 aromatic heterocycles. The van der Waals surface area contributed by atoms with Crippen LogP contribution < -0.4 is 5.32 Å². The molecule has 1 aliphatic heterocycles. The molecule has 3 nitrogen and oxygen atoms in total. The zero-order valence-electron chi connectivity index (χ0n) is 10.9. The molecular weight excluding hydrogens is 272 g/mol. The van der Waals surface area contributed by atoms with Gasteiger partial charge in [-0.05, 0) is 44.0 Å². The number of halogens is 2. The number of hydrogen-bond donors (Lipinski definition) is 1. The minimum atomic E-state index is -3.05. The molecule has 0 bridgehead atoms. The average molecular weight is 289 g/mol. The number of benzene rings is 1. The molecule has 1 saturated heterocycles. The molecule has 1 aromatic carbocycles. The lowest BCUT2D eigenvalue weighted by atomic mass is 9.91. The molecule has 1 aromatic rings. The van der Waals surface area contributed by atoms with Crippen molar-refractivity contribution in [2.24, 2.45) is 5.92 Å². The van der Waals surface area contributed by atoms with Crippen LogP contribution in [-0.4, -0.2) is 27.0 Å². The van der Waals surface area contributed by atoms with Gasteiger partial charge in [0.1, 0.15) is 11.6 Å². The van der Waals surface area contributed by atoms with E-state index in [0.29, 0.717) is 6.42 Å². The zero-order chi connectivity index (χ0) is 14.2. The smallest absolute Gasteiger partial charge is 0.150 e. The van der Waals surface area contributed by atoms with Crippen LogP contribution in [0.1, 0.15) is 23.6 Å². The molecule has 2 unspecified atom stereocenters. The van der Waals surface area contributed by atoms with Crippen molar-refractivity contribution in [3.05, 3.63) is 34.9 Å². The third kappa shape index (κ3) is 2.95. The summed E-state index contributed by atoms with van der Waals surface area (Å²) >= 11 is 0. The second-order valence-electron chi connectivity index (χ2n) is 5.05. The summed E-state index contributed by atoms with van der Waals surface area (Å²) in [6.07, 6.45) is 0.475. The van der Waals surface area contributed by atoms with Crippen LogP contribution in [0.25, 0.3) is 0 Å². The molecule has 6 heteroatoms. The Morgan fingerprint density at radius 3 is 2.53 bits per heavy atom. The van der Waals surface area contributed by atoms with Gasteiger partial charge >= 0.3 is 0 Å². The molecule has 1 fully saturated rings. The summed E-state index contributed by atoms with van der Waals surface area (Å²) in [5.74, 6) is -1.05. The first-order valence-electron chi connectivity index (χ1n) is 6.17. The van der Waals surface area contributed by atoms with E-state index in [4.69, 9.17) is 0 Å². The van der Waals surface area contributed by atoms with Crippen molar-refractivity contribution in [2.45, 2.75) is 19.4 Å². The molecular formula is C13H17F2NO2S. The predicted molar refractivity (Wildman–Crippen MR) is 69.7 cm³/mol. The number of aryl methyl sites for hydroxylation is 1. The fraction of sp³-hybridized carbons (Fsp3) is 0.538. The summed E-state index contributed by atoms with van der Waals surface area (Å²) < 4.78 is 50.5. The van der Waals surface area contributed by atoms with Crippen molar-refractivity contribution in [3.8, 4) is 0 Å². The Balaban J connectivity index is 2.35. The second kappa shape index (κ2) is 5.17. The lowest BCUT2D eigenvalue weighted by molar-refractivity contribution is 0.401. The Morgan fingerprint density at radius 1 is 1.32 bits per heavy atom. The van der Waals surface area contributed by atoms with Gasteiger partial charge < -0.3 is 5.32 Å². The van der Waals surface area contributed by atoms with E-state index in [1.807, 2.05) is 0 Å². The van der Waals surface area contributed by atoms with Crippen molar-refractivity contribution in [2.75, 3.05) is 18.6 Å². The number of hydrogen-bond acceptors (Lipinski definition) is 3. The summed E-state index contributed by atoms with van der Waals surface area (Å²) in [6.45, 7) is 1.50. The van der Waals surface area contributed by atoms with Gasteiger partial charge in [-0.1, -0.05) is 0 Å². The lowest BCUT2D eigenvalue weighted by Gasteiger charge is -2.23. The fourth-order valence-corrected chi connectivity index (χ4v) is 4.47. The van der Waals surface area contributed by atoms with Crippen molar-refractivity contribution in [1.82, 2.24) is 5.32 Å². The maximum atomic E-state index is 14.0. The van der Waals surface area contributed by atoms with E-state index < -0.39 is 27.5 Å². The lowest BCUT2D eigenvalue weighted by Crippen LogP contribution is -2.27. The molecule has 0 amide bonds. The van der Waals surface area contributed by atoms with Gasteiger partial charge in [0.15, 0.2) is 9.84 Å². The van der Waals surface area contributed by atoms with Crippen molar-refractivity contribution >= 4 is 9.84 Å². The fourth-order valence-electron chi connectivity index (χ4n) is 2.63. The van der Waals surface area contributed by atoms with E-state index in [1.54, 1.807) is 7.05 Å². The highest BCUT2D eigenvalue weighted by atomic mass is 32.2. The molecule has 0 saturated carbocycles. The molecule has 19 heavy (non-hydrogen) atoms. The normalized spacial score (nSPS) is 23.5. The van der Waals surface area contributed by atoms with Gasteiger partial charge in [0.05, 0.1) is 11.5 Å². The second-order valence-corrected chi connectivity index (χ2v) is 7.28. The van der Waals surface area contributed by atoms with Gasteiger partial charge in [-0.15, -0.1) is 0 Å². The molecule has 2 rings (SSSR count). The monoisotopic (exact) mass is 289 g/mol. The first-order valence-corrected chi connectivity index (χ1v) is 7.99. The minimum absolute atomic E-state index is 0.0213. The molecule has 106 valence electrons. The van der Waals surface area contributed by atoms with Gasteiger partial charge in [0.2, 0.25) is 0 Å². The van der Waals surface area contributed by atoms with Gasteiger partial charge in [0, 0.05) is 11.6 Å². The number of nitrogens with one attached hydrogen (secondary N) is 1. The highest BCUT2D eigenvalue weighted by Gasteiger charge is 2.35. The van der Waals surface area contributed by atoms with Gasteiger partial charge in [-0.2, -0.15) is 0 Å². The van der Waals surface area contributed by atoms with Crippen LogP contribution in [0, 0.1) is 24.5 Å². The van der Waals surface area contributed by atoms with Crippen molar-refractivity contribution < 1.29 is 17.2 Å². The van der Waals surface area contributed by atoms with E-state index >= 15 is 0 Å². The van der Waals surface area contributed by atoms with Crippen LogP contribution in [0.3, 0.4) is 0 Å². The molecule has 1 aliphatic rings. The Hall–Kier alpha value is -1.01. The summed E-state index contributed by atoms with van der Waals surface area (Å²) in [5, 5.41) is 2.91. The van der Waals surface area contributed by atoms with Gasteiger partial charge in [-0.3, -0.25) is 0 Å². The first kappa shape index (κ1) is 14.4. The largest absolute Gasteiger partial charge is 0.313 e. The highest BCUT2D eigenvalue weighted by molar-refractivity contribution is 7.91. The van der Waals surface area contributed by atoms with Crippen molar-refractivity contribution in [3.63, 3.8) is 0 Å². The van der Waals surface area contributed by atoms with E-state index in [9.17, 15) is 17.2 Å². The Labute approximate surface area is 111 Å². The Bertz CT molecular complexity index is 587. The molecule has 2 atom stereocenters. The van der Waals surface area contributed by atoms with Gasteiger partial charge in [-0.25, -0.2) is 17.2 Å². The summed E-state index contributed by atoms with van der Waals surface area (Å²) in [4.78, 5) is 0. The third-order valence-electron chi connectivity index (χ3n) is 3.66. The maximum absolute atomic E-state index is 14.0. The average Bonchev–Trinajstić information content (AvgIpc) is 2.67. The van der Waals surface area contributed by atoms with Crippen LogP contribution in [0.5, 0.6) is 0 Å². The molecule has 1 heterocycles. The van der Waals surface area contributed by atoms with Gasteiger partial charge in [0.25, 0.3) is 0 Å². The summed E-state index contributed by atoms with van der Waals surface area (Å²) in [5.41, 5.74) is 0.447. The summed E-state index contributed by atoms with van der Waals surface area (Å²) in [7, 11) is -1.41. The number of rotatable bonds is 3. The Morgan fingerprint density at radius 2 is 2.00 bits per heavy atom. The number of sulfone groups is 1. The van der Waals surface area contributed by atoms with E-state index in [-0.39, 0.29) is 28.6 Å². The van der Waals surface area contributed by atoms with E-state index in [1.165, 1.54) is 6.92 Å². The first-order chi connectivity index (χ1) is 8.84. The molecule has 0 aliphatic carbocycles. The van der Waals surface area contributed by atoms with E-state index in [2.05, 4.69) is 5.32 Å². The minimum Gasteiger partial charge on any atom is -0.313 e. The van der Waals surface area contributed by atoms with Crippen LogP contribution in [-0.2, 0) is 9.84 Å². The van der Waals surface area contributed by atoms with E-state index in [0.717, 1.165) is 12.1 Å². The zero-order valence-corrected chi connectivity index (χ0v) is 11.7. The highest BCUT2D eigenvalue weighted by Crippen LogP contribution is 2.33. The van der Waals surface area contributed by atoms with Crippen molar-refractivity contribution in [1.29, 1.82) is 0 Å². The quantitative estimate of drug-likeness (QED) is 0.925. The third-order valence-corrected chi connectivity index (χ3v) is 5.46. The van der Waals surface area contributed by atoms with Crippen LogP contribution >= 0.6 is 0 Å². The maximum Gasteiger partial charge on any atom is 0.150 e. The standard InChI is InChI=1S/C13H17F2NO2S/c1-8-5-12(15)10(6-11(8)14)13(16-2)9-3-4-19(17,18)7-9/h5-6,9,13,16H,3-4,7H2,1-2H3. The molecule has 0 radical (unpaired) electrons. The SMILES string of the molecule is CNC(c1cc(F)c(C)cc1F)C1CCS(=O)(=O)C1. The Kier molecular flexibility index (Phi) is 3.92. The predicted octanol–water partition coefficient (Wildman–Crippen LogP) is 1.97.